The maximum absolute atomic E-state index is 10.5. The van der Waals surface area contributed by atoms with E-state index in [1.54, 1.807) is 6.07 Å². The summed E-state index contributed by atoms with van der Waals surface area (Å²) >= 11 is 0. The fourth-order valence-corrected chi connectivity index (χ4v) is 3.33. The van der Waals surface area contributed by atoms with Crippen LogP contribution in [-0.4, -0.2) is 16.3 Å². The zero-order valence-corrected chi connectivity index (χ0v) is 14.9. The first-order valence-electron chi connectivity index (χ1n) is 9.05. The zero-order valence-electron chi connectivity index (χ0n) is 14.9. The number of nitrogens with zero attached hydrogens (tertiary/aromatic N) is 4. The maximum Gasteiger partial charge on any atom is 0.175 e. The molecule has 1 aromatic heterocycles. The van der Waals surface area contributed by atoms with Crippen LogP contribution in [0.15, 0.2) is 82.0 Å². The molecule has 5 nitrogen and oxygen atoms in total. The van der Waals surface area contributed by atoms with Crippen molar-refractivity contribution in [3.63, 3.8) is 0 Å². The van der Waals surface area contributed by atoms with E-state index in [4.69, 9.17) is 0 Å². The smallest absolute Gasteiger partial charge is 0.175 e. The Morgan fingerprint density at radius 3 is 2.68 bits per heavy atom. The van der Waals surface area contributed by atoms with Crippen LogP contribution in [0, 0.1) is 0 Å². The average Bonchev–Trinajstić information content (AvgIpc) is 2.99. The summed E-state index contributed by atoms with van der Waals surface area (Å²) in [6, 6.07) is 19.1. The third-order valence-corrected chi connectivity index (χ3v) is 4.75. The van der Waals surface area contributed by atoms with E-state index in [9.17, 15) is 5.11 Å². The summed E-state index contributed by atoms with van der Waals surface area (Å²) in [5.41, 5.74) is 3.08. The van der Waals surface area contributed by atoms with Crippen molar-refractivity contribution in [2.45, 2.75) is 6.42 Å². The molecule has 4 aromatic rings. The molecule has 2 heterocycles. The minimum Gasteiger partial charge on any atom is -0.505 e. The molecule has 28 heavy (non-hydrogen) atoms. The number of rotatable bonds is 2. The van der Waals surface area contributed by atoms with Gasteiger partial charge in [0.05, 0.1) is 11.2 Å². The molecule has 1 N–H and O–H groups in total. The van der Waals surface area contributed by atoms with Gasteiger partial charge in [0, 0.05) is 29.0 Å². The van der Waals surface area contributed by atoms with Crippen LogP contribution in [0.25, 0.3) is 27.8 Å². The first-order chi connectivity index (χ1) is 13.8. The lowest BCUT2D eigenvalue weighted by Crippen LogP contribution is -1.83. The number of aromatic hydroxyl groups is 1. The normalized spacial score (nSPS) is 13.3. The monoisotopic (exact) mass is 364 g/mol. The van der Waals surface area contributed by atoms with Crippen LogP contribution < -0.4 is 0 Å². The first kappa shape index (κ1) is 16.3. The van der Waals surface area contributed by atoms with E-state index in [2.05, 4.69) is 32.4 Å². The number of pyridine rings is 1. The molecule has 3 aromatic carbocycles. The predicted octanol–water partition coefficient (Wildman–Crippen LogP) is 6.63. The van der Waals surface area contributed by atoms with Crippen molar-refractivity contribution in [3.05, 3.63) is 72.3 Å². The van der Waals surface area contributed by atoms with Gasteiger partial charge in [-0.2, -0.15) is 0 Å². The number of phenols is 1. The van der Waals surface area contributed by atoms with Gasteiger partial charge in [0.1, 0.15) is 5.69 Å². The van der Waals surface area contributed by atoms with Crippen molar-refractivity contribution in [2.24, 2.45) is 15.2 Å². The molecule has 0 aliphatic carbocycles. The minimum absolute atomic E-state index is 0.117. The molecule has 134 valence electrons. The van der Waals surface area contributed by atoms with Crippen LogP contribution in [0.1, 0.15) is 12.0 Å². The lowest BCUT2D eigenvalue weighted by molar-refractivity contribution is 0.482. The molecule has 0 bridgehead atoms. The van der Waals surface area contributed by atoms with Crippen molar-refractivity contribution in [3.8, 4) is 5.75 Å². The lowest BCUT2D eigenvalue weighted by atomic mass is 10.1. The van der Waals surface area contributed by atoms with Crippen molar-refractivity contribution < 1.29 is 5.11 Å². The summed E-state index contributed by atoms with van der Waals surface area (Å²) in [5, 5.41) is 21.7. The van der Waals surface area contributed by atoms with E-state index in [-0.39, 0.29) is 5.75 Å². The molecule has 0 amide bonds. The predicted molar refractivity (Wildman–Crippen MR) is 113 cm³/mol. The molecule has 0 radical (unpaired) electrons. The van der Waals surface area contributed by atoms with Gasteiger partial charge >= 0.3 is 0 Å². The molecule has 1 aliphatic rings. The second-order valence-corrected chi connectivity index (χ2v) is 6.55. The highest BCUT2D eigenvalue weighted by Crippen LogP contribution is 2.36. The highest BCUT2D eigenvalue weighted by Gasteiger charge is 2.09. The van der Waals surface area contributed by atoms with Gasteiger partial charge in [-0.05, 0) is 23.6 Å². The topological polar surface area (TPSA) is 70.2 Å². The molecule has 0 fully saturated rings. The van der Waals surface area contributed by atoms with Crippen molar-refractivity contribution in [1.29, 1.82) is 0 Å². The Balaban J connectivity index is 1.58. The average molecular weight is 364 g/mol. The Morgan fingerprint density at radius 1 is 0.857 bits per heavy atom. The van der Waals surface area contributed by atoms with Crippen LogP contribution in [0.5, 0.6) is 5.75 Å². The molecular formula is C23H16N4O. The summed E-state index contributed by atoms with van der Waals surface area (Å²) in [7, 11) is 0. The molecule has 5 rings (SSSR count). The number of fused-ring (bicyclic) bond motifs is 4. The summed E-state index contributed by atoms with van der Waals surface area (Å²) in [6.45, 7) is 0. The number of phenolic OH excluding ortho intramolecular Hbond substituents is 1. The van der Waals surface area contributed by atoms with Crippen LogP contribution in [-0.2, 0) is 0 Å². The van der Waals surface area contributed by atoms with E-state index >= 15 is 0 Å². The summed E-state index contributed by atoms with van der Waals surface area (Å²) in [5.74, 6) is 0.586. The summed E-state index contributed by atoms with van der Waals surface area (Å²) in [4.78, 5) is 9.21. The van der Waals surface area contributed by atoms with Crippen LogP contribution in [0.3, 0.4) is 0 Å². The van der Waals surface area contributed by atoms with Crippen molar-refractivity contribution in [2.75, 3.05) is 0 Å². The number of benzene rings is 3. The second kappa shape index (κ2) is 6.70. The van der Waals surface area contributed by atoms with Gasteiger partial charge in [-0.1, -0.05) is 54.6 Å². The SMILES string of the molecule is Oc1c(N=Nc2ccc3ccc4c(c3n2)N=CCC=C4)ccc2ccccc12. The Labute approximate surface area is 161 Å². The number of aromatic nitrogens is 1. The third-order valence-electron chi connectivity index (χ3n) is 4.75. The highest BCUT2D eigenvalue weighted by atomic mass is 16.3. The molecule has 0 saturated heterocycles. The molecule has 5 heteroatoms. The van der Waals surface area contributed by atoms with E-state index in [1.807, 2.05) is 60.8 Å². The zero-order chi connectivity index (χ0) is 18.9. The van der Waals surface area contributed by atoms with Crippen LogP contribution in [0.2, 0.25) is 0 Å². The second-order valence-electron chi connectivity index (χ2n) is 6.55. The summed E-state index contributed by atoms with van der Waals surface area (Å²) in [6.07, 6.45) is 6.82. The van der Waals surface area contributed by atoms with E-state index < -0.39 is 0 Å². The minimum atomic E-state index is 0.117. The molecule has 0 unspecified atom stereocenters. The van der Waals surface area contributed by atoms with Crippen molar-refractivity contribution in [1.82, 2.24) is 4.98 Å². The lowest BCUT2D eigenvalue weighted by Gasteiger charge is -2.06. The number of hydrogen-bond donors (Lipinski definition) is 1. The van der Waals surface area contributed by atoms with Crippen LogP contribution >= 0.6 is 0 Å². The molecular weight excluding hydrogens is 348 g/mol. The Hall–Kier alpha value is -3.86. The quantitative estimate of drug-likeness (QED) is 0.406. The standard InChI is InChI=1S/C23H16N4O/c28-23-18-7-2-1-5-15(18)10-12-19(23)26-27-20-13-11-17-9-8-16-6-3-4-14-24-21(16)22(17)25-20/h1-3,5-14,28H,4H2. The van der Waals surface area contributed by atoms with Gasteiger partial charge in [-0.15, -0.1) is 10.2 Å². The van der Waals surface area contributed by atoms with Gasteiger partial charge in [-0.25, -0.2) is 4.98 Å². The van der Waals surface area contributed by atoms with Gasteiger partial charge in [-0.3, -0.25) is 4.99 Å². The molecule has 0 saturated carbocycles. The number of allylic oxidation sites excluding steroid dienone is 1. The highest BCUT2D eigenvalue weighted by molar-refractivity contribution is 5.96. The van der Waals surface area contributed by atoms with E-state index in [0.29, 0.717) is 11.5 Å². The molecule has 1 aliphatic heterocycles. The number of azo groups is 1. The van der Waals surface area contributed by atoms with Gasteiger partial charge in [0.2, 0.25) is 0 Å². The van der Waals surface area contributed by atoms with E-state index in [1.165, 1.54) is 0 Å². The van der Waals surface area contributed by atoms with Gasteiger partial charge in [0.25, 0.3) is 0 Å². The van der Waals surface area contributed by atoms with Gasteiger partial charge in [0.15, 0.2) is 11.6 Å². The number of hydrogen-bond acceptors (Lipinski definition) is 5. The number of aliphatic imine (C=N–C) groups is 1. The fraction of sp³-hybridized carbons (Fsp3) is 0.0435. The maximum atomic E-state index is 10.5. The van der Waals surface area contributed by atoms with Gasteiger partial charge < -0.3 is 5.11 Å². The molecule has 0 atom stereocenters. The fourth-order valence-electron chi connectivity index (χ4n) is 3.33. The Bertz CT molecular complexity index is 1300. The van der Waals surface area contributed by atoms with Crippen LogP contribution in [0.4, 0.5) is 17.2 Å². The molecule has 0 spiro atoms. The largest absolute Gasteiger partial charge is 0.505 e. The Kier molecular flexibility index (Phi) is 3.91. The van der Waals surface area contributed by atoms with Crippen molar-refractivity contribution >= 4 is 51.2 Å². The Morgan fingerprint density at radius 2 is 1.71 bits per heavy atom. The summed E-state index contributed by atoms with van der Waals surface area (Å²) < 4.78 is 0. The van der Waals surface area contributed by atoms with E-state index in [0.717, 1.165) is 39.3 Å². The first-order valence-corrected chi connectivity index (χ1v) is 9.05. The third kappa shape index (κ3) is 2.83.